The maximum absolute atomic E-state index is 11.1. The molecule has 3 heteroatoms. The Labute approximate surface area is 84.4 Å². The van der Waals surface area contributed by atoms with Crippen LogP contribution in [-0.2, 0) is 9.53 Å². The Morgan fingerprint density at radius 1 is 1.57 bits per heavy atom. The topological polar surface area (TPSA) is 46.5 Å². The molecule has 2 fully saturated rings. The molecule has 0 aromatic heterocycles. The fraction of sp³-hybridized carbons (Fsp3) is 0.909. The molecule has 1 spiro atoms. The number of aliphatic hydroxyl groups is 1. The summed E-state index contributed by atoms with van der Waals surface area (Å²) in [5.41, 5.74) is -0.518. The second-order valence-electron chi connectivity index (χ2n) is 4.54. The highest BCUT2D eigenvalue weighted by Crippen LogP contribution is 2.43. The van der Waals surface area contributed by atoms with Gasteiger partial charge in [-0.15, -0.1) is 0 Å². The van der Waals surface area contributed by atoms with E-state index in [9.17, 15) is 9.90 Å². The number of aliphatic hydroxyl groups excluding tert-OH is 1. The molecule has 3 atom stereocenters. The van der Waals surface area contributed by atoms with Gasteiger partial charge in [-0.2, -0.15) is 0 Å². The van der Waals surface area contributed by atoms with E-state index in [1.165, 1.54) is 0 Å². The van der Waals surface area contributed by atoms with Crippen LogP contribution in [0.5, 0.6) is 0 Å². The first kappa shape index (κ1) is 9.97. The molecule has 1 aliphatic heterocycles. The second-order valence-corrected chi connectivity index (χ2v) is 4.54. The van der Waals surface area contributed by atoms with E-state index in [1.54, 1.807) is 0 Å². The summed E-state index contributed by atoms with van der Waals surface area (Å²) in [6, 6.07) is 0. The number of hydrogen-bond donors (Lipinski definition) is 1. The van der Waals surface area contributed by atoms with Crippen molar-refractivity contribution in [1.82, 2.24) is 0 Å². The molecule has 2 rings (SSSR count). The van der Waals surface area contributed by atoms with Crippen LogP contribution in [0.25, 0.3) is 0 Å². The van der Waals surface area contributed by atoms with Crippen LogP contribution < -0.4 is 0 Å². The first-order chi connectivity index (χ1) is 6.68. The Hall–Kier alpha value is -0.570. The van der Waals surface area contributed by atoms with Gasteiger partial charge < -0.3 is 9.84 Å². The number of rotatable bonds is 1. The van der Waals surface area contributed by atoms with Crippen molar-refractivity contribution in [2.24, 2.45) is 5.92 Å². The van der Waals surface area contributed by atoms with Gasteiger partial charge in [0.25, 0.3) is 0 Å². The van der Waals surface area contributed by atoms with Crippen molar-refractivity contribution in [3.8, 4) is 0 Å². The molecule has 0 bridgehead atoms. The maximum Gasteiger partial charge on any atom is 0.306 e. The minimum Gasteiger partial charge on any atom is -0.456 e. The molecule has 1 heterocycles. The van der Waals surface area contributed by atoms with E-state index in [1.807, 2.05) is 0 Å². The summed E-state index contributed by atoms with van der Waals surface area (Å²) < 4.78 is 5.35. The van der Waals surface area contributed by atoms with Gasteiger partial charge in [-0.1, -0.05) is 13.3 Å². The molecule has 2 aliphatic rings. The molecule has 0 aromatic carbocycles. The number of ether oxygens (including phenoxy) is 1. The number of esters is 1. The van der Waals surface area contributed by atoms with Gasteiger partial charge in [0.2, 0.25) is 0 Å². The van der Waals surface area contributed by atoms with Gasteiger partial charge in [-0.3, -0.25) is 4.79 Å². The third kappa shape index (κ3) is 1.44. The molecule has 0 amide bonds. The lowest BCUT2D eigenvalue weighted by molar-refractivity contribution is -0.170. The smallest absolute Gasteiger partial charge is 0.306 e. The van der Waals surface area contributed by atoms with E-state index in [-0.39, 0.29) is 5.97 Å². The minimum absolute atomic E-state index is 0.138. The standard InChI is InChI=1S/C11H18O3/c1-2-8-4-3-6-11(10(8)13)7-5-9(12)14-11/h8,10,13H,2-7H2,1H3. The van der Waals surface area contributed by atoms with Crippen molar-refractivity contribution in [1.29, 1.82) is 0 Å². The zero-order chi connectivity index (χ0) is 10.2. The van der Waals surface area contributed by atoms with Crippen LogP contribution in [0.3, 0.4) is 0 Å². The Bertz CT molecular complexity index is 239. The van der Waals surface area contributed by atoms with Crippen LogP contribution >= 0.6 is 0 Å². The van der Waals surface area contributed by atoms with Crippen LogP contribution in [-0.4, -0.2) is 22.8 Å². The molecule has 3 unspecified atom stereocenters. The summed E-state index contributed by atoms with van der Waals surface area (Å²) in [6.45, 7) is 2.09. The van der Waals surface area contributed by atoms with Gasteiger partial charge in [-0.25, -0.2) is 0 Å². The van der Waals surface area contributed by atoms with Gasteiger partial charge in [0, 0.05) is 12.8 Å². The minimum atomic E-state index is -0.518. The van der Waals surface area contributed by atoms with Gasteiger partial charge >= 0.3 is 5.97 Å². The highest BCUT2D eigenvalue weighted by molar-refractivity contribution is 5.72. The molecule has 80 valence electrons. The van der Waals surface area contributed by atoms with Crippen molar-refractivity contribution in [3.05, 3.63) is 0 Å². The lowest BCUT2D eigenvalue weighted by Gasteiger charge is -2.41. The zero-order valence-electron chi connectivity index (χ0n) is 8.66. The van der Waals surface area contributed by atoms with Crippen LogP contribution in [0, 0.1) is 5.92 Å². The fourth-order valence-corrected chi connectivity index (χ4v) is 2.85. The molecule has 1 saturated carbocycles. The predicted molar refractivity (Wildman–Crippen MR) is 51.7 cm³/mol. The van der Waals surface area contributed by atoms with E-state index in [0.29, 0.717) is 18.8 Å². The summed E-state index contributed by atoms with van der Waals surface area (Å²) in [5.74, 6) is 0.176. The third-order valence-corrected chi connectivity index (χ3v) is 3.75. The lowest BCUT2D eigenvalue weighted by Crippen LogP contribution is -2.49. The van der Waals surface area contributed by atoms with Crippen molar-refractivity contribution >= 4 is 5.97 Å². The van der Waals surface area contributed by atoms with E-state index in [4.69, 9.17) is 4.74 Å². The molecular weight excluding hydrogens is 180 g/mol. The Kier molecular flexibility index (Phi) is 2.52. The van der Waals surface area contributed by atoms with Gasteiger partial charge in [0.05, 0.1) is 6.10 Å². The summed E-state index contributed by atoms with van der Waals surface area (Å²) in [6.07, 6.45) is 4.71. The zero-order valence-corrected chi connectivity index (χ0v) is 8.66. The van der Waals surface area contributed by atoms with Crippen molar-refractivity contribution in [2.45, 2.75) is 57.2 Å². The average molecular weight is 198 g/mol. The molecule has 0 aromatic rings. The average Bonchev–Trinajstić information content (AvgIpc) is 2.54. The van der Waals surface area contributed by atoms with Crippen LogP contribution in [0.2, 0.25) is 0 Å². The van der Waals surface area contributed by atoms with Gasteiger partial charge in [0.15, 0.2) is 0 Å². The Morgan fingerprint density at radius 3 is 2.93 bits per heavy atom. The molecule has 1 aliphatic carbocycles. The van der Waals surface area contributed by atoms with E-state index >= 15 is 0 Å². The molecule has 14 heavy (non-hydrogen) atoms. The Balaban J connectivity index is 2.14. The van der Waals surface area contributed by atoms with E-state index < -0.39 is 11.7 Å². The summed E-state index contributed by atoms with van der Waals surface area (Å²) in [7, 11) is 0. The summed E-state index contributed by atoms with van der Waals surface area (Å²) >= 11 is 0. The first-order valence-electron chi connectivity index (χ1n) is 5.58. The predicted octanol–water partition coefficient (Wildman–Crippen LogP) is 1.63. The fourth-order valence-electron chi connectivity index (χ4n) is 2.85. The quantitative estimate of drug-likeness (QED) is 0.651. The molecule has 1 N–H and O–H groups in total. The largest absolute Gasteiger partial charge is 0.456 e. The molecular formula is C11H18O3. The van der Waals surface area contributed by atoms with Crippen molar-refractivity contribution < 1.29 is 14.6 Å². The lowest BCUT2D eigenvalue weighted by atomic mass is 9.73. The van der Waals surface area contributed by atoms with Crippen LogP contribution in [0.4, 0.5) is 0 Å². The number of hydrogen-bond acceptors (Lipinski definition) is 3. The maximum atomic E-state index is 11.1. The summed E-state index contributed by atoms with van der Waals surface area (Å²) in [4.78, 5) is 11.1. The number of carbonyl (C=O) groups is 1. The molecule has 0 radical (unpaired) electrons. The van der Waals surface area contributed by atoms with E-state index in [0.717, 1.165) is 25.7 Å². The van der Waals surface area contributed by atoms with Crippen LogP contribution in [0.15, 0.2) is 0 Å². The number of carbonyl (C=O) groups excluding carboxylic acids is 1. The summed E-state index contributed by atoms with van der Waals surface area (Å²) in [5, 5.41) is 10.2. The van der Waals surface area contributed by atoms with Gasteiger partial charge in [-0.05, 0) is 25.2 Å². The highest BCUT2D eigenvalue weighted by atomic mass is 16.6. The normalized spacial score (nSPS) is 42.9. The molecule has 1 saturated heterocycles. The monoisotopic (exact) mass is 198 g/mol. The Morgan fingerprint density at radius 2 is 2.36 bits per heavy atom. The first-order valence-corrected chi connectivity index (χ1v) is 5.58. The highest BCUT2D eigenvalue weighted by Gasteiger charge is 2.50. The van der Waals surface area contributed by atoms with Crippen molar-refractivity contribution in [2.75, 3.05) is 0 Å². The second kappa shape index (κ2) is 3.54. The SMILES string of the molecule is CCC1CCCC2(CCC(=O)O2)C1O. The van der Waals surface area contributed by atoms with Gasteiger partial charge in [0.1, 0.15) is 5.60 Å². The van der Waals surface area contributed by atoms with E-state index in [2.05, 4.69) is 6.92 Å². The van der Waals surface area contributed by atoms with Crippen molar-refractivity contribution in [3.63, 3.8) is 0 Å². The van der Waals surface area contributed by atoms with Crippen LogP contribution in [0.1, 0.15) is 45.4 Å². The molecule has 3 nitrogen and oxygen atoms in total. The third-order valence-electron chi connectivity index (χ3n) is 3.75.